The van der Waals surface area contributed by atoms with Crippen molar-refractivity contribution in [2.75, 3.05) is 0 Å². The molecule has 0 radical (unpaired) electrons. The molecule has 0 spiro atoms. The number of hydrogen-bond acceptors (Lipinski definition) is 3. The molecule has 2 aromatic heterocycles. The van der Waals surface area contributed by atoms with Crippen LogP contribution < -0.4 is 0 Å². The second kappa shape index (κ2) is 9.81. The smallest absolute Gasteiger partial charge is 0.203 e. The van der Waals surface area contributed by atoms with Gasteiger partial charge in [0.05, 0.1) is 23.7 Å². The summed E-state index contributed by atoms with van der Waals surface area (Å²) in [5, 5.41) is 11.0. The summed E-state index contributed by atoms with van der Waals surface area (Å²) in [4.78, 5) is 13.2. The van der Waals surface area contributed by atoms with Crippen molar-refractivity contribution in [3.63, 3.8) is 0 Å². The molecule has 6 rings (SSSR count). The second-order valence-corrected chi connectivity index (χ2v) is 10.9. The molecular formula is C33H31FN4O. The van der Waals surface area contributed by atoms with Crippen molar-refractivity contribution >= 4 is 0 Å². The summed E-state index contributed by atoms with van der Waals surface area (Å²) in [6.07, 6.45) is 7.43. The van der Waals surface area contributed by atoms with Gasteiger partial charge in [-0.3, -0.25) is 9.55 Å². The van der Waals surface area contributed by atoms with Gasteiger partial charge in [-0.15, -0.1) is 0 Å². The molecule has 0 saturated carbocycles. The summed E-state index contributed by atoms with van der Waals surface area (Å²) in [7, 11) is 0. The van der Waals surface area contributed by atoms with E-state index in [1.165, 1.54) is 6.07 Å². The van der Waals surface area contributed by atoms with Crippen LogP contribution in [0.15, 0.2) is 84.5 Å². The highest BCUT2D eigenvalue weighted by Gasteiger charge is 2.51. The number of nitrogens with zero attached hydrogens (tertiary/aromatic N) is 4. The Bertz CT molecular complexity index is 1620. The number of benzene rings is 2. The van der Waals surface area contributed by atoms with Crippen molar-refractivity contribution < 1.29 is 9.50 Å². The molecule has 196 valence electrons. The van der Waals surface area contributed by atoms with Crippen LogP contribution in [0.1, 0.15) is 50.9 Å². The van der Waals surface area contributed by atoms with Crippen molar-refractivity contribution in [3.8, 4) is 28.2 Å². The zero-order chi connectivity index (χ0) is 27.1. The third kappa shape index (κ3) is 4.13. The second-order valence-electron chi connectivity index (χ2n) is 10.9. The van der Waals surface area contributed by atoms with Crippen LogP contribution in [-0.2, 0) is 11.8 Å². The maximum absolute atomic E-state index is 14.5. The molecule has 0 saturated heterocycles. The van der Waals surface area contributed by atoms with Crippen LogP contribution in [0.4, 0.5) is 4.39 Å². The summed E-state index contributed by atoms with van der Waals surface area (Å²) < 4.78 is 16.6. The molecule has 2 aliphatic rings. The van der Waals surface area contributed by atoms with Gasteiger partial charge in [-0.1, -0.05) is 44.5 Å². The van der Waals surface area contributed by atoms with Crippen LogP contribution in [-0.4, -0.2) is 19.6 Å². The van der Waals surface area contributed by atoms with E-state index in [-0.39, 0.29) is 23.4 Å². The molecule has 39 heavy (non-hydrogen) atoms. The maximum atomic E-state index is 14.5. The Morgan fingerprint density at radius 2 is 1.85 bits per heavy atom. The zero-order valence-electron chi connectivity index (χ0n) is 22.2. The largest absolute Gasteiger partial charge is 0.523 e. The molecule has 0 aliphatic heterocycles. The summed E-state index contributed by atoms with van der Waals surface area (Å²) in [6.45, 7) is 12.1. The van der Waals surface area contributed by atoms with E-state index in [2.05, 4.69) is 40.4 Å². The normalized spacial score (nSPS) is 22.2. The Kier molecular flexibility index (Phi) is 6.31. The number of rotatable bonds is 5. The lowest BCUT2D eigenvalue weighted by Crippen LogP contribution is -2.45. The number of aliphatic hydroxyl groups excluding tert-OH is 1. The van der Waals surface area contributed by atoms with Gasteiger partial charge in [-0.05, 0) is 79.1 Å². The molecule has 2 aromatic carbocycles. The maximum Gasteiger partial charge on any atom is 0.203 e. The Balaban J connectivity index is 1.57. The number of imidazole rings is 1. The first kappa shape index (κ1) is 25.1. The minimum absolute atomic E-state index is 0.0520. The topological polar surface area (TPSA) is 55.3 Å². The first-order valence-electron chi connectivity index (χ1n) is 13.6. The summed E-state index contributed by atoms with van der Waals surface area (Å²) >= 11 is 0. The SMILES string of the molecule is [C-]#[N+]C1=C(O)[C@H](CCC)[C@H]2CCc3c(nc(-c4cccc(-c5ccncc5)c4)n3-c3cccc(F)c3)[C@]2(C)C1. The van der Waals surface area contributed by atoms with E-state index in [0.29, 0.717) is 12.1 Å². The van der Waals surface area contributed by atoms with Gasteiger partial charge < -0.3 is 5.11 Å². The molecule has 4 aromatic rings. The number of pyridine rings is 1. The fourth-order valence-corrected chi connectivity index (χ4v) is 6.85. The molecule has 5 nitrogen and oxygen atoms in total. The Labute approximate surface area is 228 Å². The quantitative estimate of drug-likeness (QED) is 0.272. The van der Waals surface area contributed by atoms with E-state index in [0.717, 1.165) is 65.3 Å². The minimum Gasteiger partial charge on any atom is -0.523 e. The van der Waals surface area contributed by atoms with Crippen molar-refractivity contribution in [2.45, 2.75) is 51.4 Å². The molecule has 3 atom stereocenters. The molecule has 0 fully saturated rings. The van der Waals surface area contributed by atoms with Gasteiger partial charge in [0.15, 0.2) is 0 Å². The summed E-state index contributed by atoms with van der Waals surface area (Å²) in [5.41, 5.74) is 5.84. The van der Waals surface area contributed by atoms with E-state index in [1.54, 1.807) is 24.5 Å². The first-order valence-corrected chi connectivity index (χ1v) is 13.6. The molecule has 0 bridgehead atoms. The van der Waals surface area contributed by atoms with Gasteiger partial charge in [0, 0.05) is 35.0 Å². The summed E-state index contributed by atoms with van der Waals surface area (Å²) in [5.74, 6) is 0.868. The van der Waals surface area contributed by atoms with Crippen LogP contribution in [0, 0.1) is 24.2 Å². The molecule has 0 unspecified atom stereocenters. The van der Waals surface area contributed by atoms with Gasteiger partial charge in [0.1, 0.15) is 11.6 Å². The lowest BCUT2D eigenvalue weighted by atomic mass is 9.57. The van der Waals surface area contributed by atoms with Crippen LogP contribution in [0.5, 0.6) is 0 Å². The van der Waals surface area contributed by atoms with Gasteiger partial charge in [-0.2, -0.15) is 0 Å². The summed E-state index contributed by atoms with van der Waals surface area (Å²) in [6, 6.07) is 18.9. The Hall–Kier alpha value is -4.24. The number of aliphatic hydroxyl groups is 1. The molecule has 1 N–H and O–H groups in total. The van der Waals surface area contributed by atoms with E-state index >= 15 is 0 Å². The highest BCUT2D eigenvalue weighted by molar-refractivity contribution is 5.71. The van der Waals surface area contributed by atoms with Crippen LogP contribution in [0.25, 0.3) is 33.0 Å². The van der Waals surface area contributed by atoms with Crippen LogP contribution in [0.2, 0.25) is 0 Å². The highest BCUT2D eigenvalue weighted by Crippen LogP contribution is 2.55. The average molecular weight is 519 g/mol. The van der Waals surface area contributed by atoms with Crippen molar-refractivity contribution in [2.24, 2.45) is 11.8 Å². The van der Waals surface area contributed by atoms with Gasteiger partial charge >= 0.3 is 0 Å². The Morgan fingerprint density at radius 1 is 1.08 bits per heavy atom. The lowest BCUT2D eigenvalue weighted by Gasteiger charge is -2.48. The third-order valence-corrected chi connectivity index (χ3v) is 8.63. The fourth-order valence-electron chi connectivity index (χ4n) is 6.85. The van der Waals surface area contributed by atoms with Crippen molar-refractivity contribution in [1.82, 2.24) is 14.5 Å². The number of aromatic nitrogens is 3. The standard InChI is InChI=1S/C33H31FN4O/c1-4-7-26-27-12-13-29-31(33(27,2)20-28(35-3)30(26)39)37-32(38(29)25-11-6-10-24(34)19-25)23-9-5-8-22(18-23)21-14-16-36-17-15-21/h5-6,8-11,14-19,26-27,39H,4,7,12-13,20H2,1-2H3/t26-,27-,33-/m1/s1. The zero-order valence-corrected chi connectivity index (χ0v) is 22.2. The average Bonchev–Trinajstić information content (AvgIpc) is 3.36. The fraction of sp³-hybridized carbons (Fsp3) is 0.303. The van der Waals surface area contributed by atoms with E-state index < -0.39 is 5.41 Å². The molecular weight excluding hydrogens is 487 g/mol. The monoisotopic (exact) mass is 518 g/mol. The van der Waals surface area contributed by atoms with Gasteiger partial charge in [0.25, 0.3) is 0 Å². The van der Waals surface area contributed by atoms with E-state index in [9.17, 15) is 9.50 Å². The minimum atomic E-state index is -0.407. The van der Waals surface area contributed by atoms with Gasteiger partial charge in [-0.25, -0.2) is 14.2 Å². The molecule has 2 heterocycles. The van der Waals surface area contributed by atoms with Crippen molar-refractivity contribution in [3.05, 3.63) is 113 Å². The highest BCUT2D eigenvalue weighted by atomic mass is 19.1. The third-order valence-electron chi connectivity index (χ3n) is 8.63. The number of hydrogen-bond donors (Lipinski definition) is 1. The predicted octanol–water partition coefficient (Wildman–Crippen LogP) is 8.07. The predicted molar refractivity (Wildman–Crippen MR) is 151 cm³/mol. The van der Waals surface area contributed by atoms with Gasteiger partial charge in [0.2, 0.25) is 5.70 Å². The number of fused-ring (bicyclic) bond motifs is 3. The van der Waals surface area contributed by atoms with E-state index in [1.807, 2.05) is 30.3 Å². The number of halogens is 1. The molecule has 2 aliphatic carbocycles. The molecule has 6 heteroatoms. The number of allylic oxidation sites excluding steroid dienone is 2. The van der Waals surface area contributed by atoms with E-state index in [4.69, 9.17) is 11.6 Å². The lowest BCUT2D eigenvalue weighted by molar-refractivity contribution is 0.118. The van der Waals surface area contributed by atoms with Crippen molar-refractivity contribution in [1.29, 1.82) is 0 Å². The molecule has 0 amide bonds. The van der Waals surface area contributed by atoms with Crippen LogP contribution in [0.3, 0.4) is 0 Å². The first-order chi connectivity index (χ1) is 18.9. The van der Waals surface area contributed by atoms with Crippen LogP contribution >= 0.6 is 0 Å². The Morgan fingerprint density at radius 3 is 2.59 bits per heavy atom.